The largest absolute Gasteiger partial charge is 0.394 e. The Bertz CT molecular complexity index is 1400. The van der Waals surface area contributed by atoms with E-state index < -0.39 is 30.9 Å². The van der Waals surface area contributed by atoms with Crippen LogP contribution >= 0.6 is 11.6 Å². The van der Waals surface area contributed by atoms with Gasteiger partial charge in [-0.1, -0.05) is 17.7 Å². The lowest BCUT2D eigenvalue weighted by atomic mass is 10.00. The highest BCUT2D eigenvalue weighted by Gasteiger charge is 2.27. The van der Waals surface area contributed by atoms with Crippen LogP contribution in [0.3, 0.4) is 0 Å². The Morgan fingerprint density at radius 2 is 2.06 bits per heavy atom. The predicted octanol–water partition coefficient (Wildman–Crippen LogP) is 3.87. The Morgan fingerprint density at radius 1 is 1.30 bits per heavy atom. The molecule has 3 aromatic heterocycles. The molecule has 0 unspecified atom stereocenters. The first-order valence-corrected chi connectivity index (χ1v) is 10.4. The summed E-state index contributed by atoms with van der Waals surface area (Å²) in [4.78, 5) is 8.77. The number of nitrogens with zero attached hydrogens (tertiary/aromatic N) is 5. The van der Waals surface area contributed by atoms with Crippen molar-refractivity contribution in [3.63, 3.8) is 0 Å². The van der Waals surface area contributed by atoms with E-state index >= 15 is 0 Å². The van der Waals surface area contributed by atoms with Crippen molar-refractivity contribution in [1.82, 2.24) is 19.6 Å². The molecule has 0 fully saturated rings. The van der Waals surface area contributed by atoms with Crippen LogP contribution in [-0.2, 0) is 0 Å². The highest BCUT2D eigenvalue weighted by molar-refractivity contribution is 6.31. The molecule has 0 radical (unpaired) electrons. The van der Waals surface area contributed by atoms with Crippen molar-refractivity contribution in [2.45, 2.75) is 32.4 Å². The zero-order chi connectivity index (χ0) is 23.9. The summed E-state index contributed by atoms with van der Waals surface area (Å²) in [6.07, 6.45) is -2.54. The highest BCUT2D eigenvalue weighted by atomic mass is 35.5. The Balaban J connectivity index is 2.09. The van der Waals surface area contributed by atoms with E-state index in [1.54, 1.807) is 50.4 Å². The van der Waals surface area contributed by atoms with Gasteiger partial charge >= 0.3 is 0 Å². The molecular weight excluding hydrogens is 454 g/mol. The van der Waals surface area contributed by atoms with Gasteiger partial charge in [0, 0.05) is 22.2 Å². The molecule has 4 aromatic rings. The fraction of sp³-hybridized carbons (Fsp3) is 0.273. The number of benzene rings is 1. The Labute approximate surface area is 192 Å². The molecule has 11 heteroatoms. The molecule has 0 bridgehead atoms. The number of halogens is 3. The van der Waals surface area contributed by atoms with E-state index in [0.29, 0.717) is 27.4 Å². The molecule has 1 aromatic carbocycles. The first kappa shape index (κ1) is 22.8. The van der Waals surface area contributed by atoms with Gasteiger partial charge < -0.3 is 15.5 Å². The lowest BCUT2D eigenvalue weighted by Crippen LogP contribution is -2.34. The Kier molecular flexibility index (Phi) is 6.12. The van der Waals surface area contributed by atoms with Crippen LogP contribution < -0.4 is 5.32 Å². The van der Waals surface area contributed by atoms with Gasteiger partial charge in [0.25, 0.3) is 6.43 Å². The first-order chi connectivity index (χ1) is 15.8. The average molecular weight is 473 g/mol. The molecule has 0 saturated heterocycles. The van der Waals surface area contributed by atoms with Crippen LogP contribution in [-0.4, -0.2) is 48.5 Å². The number of hydrogen-bond donors (Lipinski definition) is 3. The SMILES string of the molecule is Cc1nc2c(C#N)c(C(F)F)nn2c(N[C@H](C)[C@@H](O)CO)c1-c1ccnc2cc(Cl)ccc12. The molecular formula is C22H19ClF2N6O2. The number of aliphatic hydroxyl groups is 2. The molecule has 8 nitrogen and oxygen atoms in total. The number of aryl methyl sites for hydroxylation is 1. The van der Waals surface area contributed by atoms with Gasteiger partial charge in [0.2, 0.25) is 0 Å². The molecule has 4 rings (SSSR count). The number of alkyl halides is 2. The number of anilines is 1. The second kappa shape index (κ2) is 8.86. The lowest BCUT2D eigenvalue weighted by molar-refractivity contribution is 0.0837. The summed E-state index contributed by atoms with van der Waals surface area (Å²) in [7, 11) is 0. The van der Waals surface area contributed by atoms with E-state index in [1.165, 1.54) is 0 Å². The van der Waals surface area contributed by atoms with Crippen molar-refractivity contribution >= 4 is 34.0 Å². The molecule has 0 amide bonds. The molecule has 3 N–H and O–H groups in total. The minimum Gasteiger partial charge on any atom is -0.394 e. The molecule has 2 atom stereocenters. The van der Waals surface area contributed by atoms with Gasteiger partial charge in [-0.25, -0.2) is 13.8 Å². The highest BCUT2D eigenvalue weighted by Crippen LogP contribution is 2.38. The van der Waals surface area contributed by atoms with Crippen LogP contribution in [0.4, 0.5) is 14.6 Å². The van der Waals surface area contributed by atoms with Crippen molar-refractivity contribution in [1.29, 1.82) is 5.26 Å². The van der Waals surface area contributed by atoms with Gasteiger partial charge in [-0.05, 0) is 37.6 Å². The molecule has 0 aliphatic rings. The first-order valence-electron chi connectivity index (χ1n) is 9.98. The Morgan fingerprint density at radius 3 is 2.73 bits per heavy atom. The third kappa shape index (κ3) is 3.95. The molecule has 0 saturated carbocycles. The quantitative estimate of drug-likeness (QED) is 0.389. The summed E-state index contributed by atoms with van der Waals surface area (Å²) in [6.45, 7) is 2.80. The molecule has 0 aliphatic heterocycles. The van der Waals surface area contributed by atoms with Crippen LogP contribution in [0.5, 0.6) is 0 Å². The summed E-state index contributed by atoms with van der Waals surface area (Å²) in [5.74, 6) is 0.239. The molecule has 0 aliphatic carbocycles. The van der Waals surface area contributed by atoms with E-state index in [0.717, 1.165) is 9.90 Å². The van der Waals surface area contributed by atoms with Crippen molar-refractivity contribution in [2.24, 2.45) is 0 Å². The number of nitriles is 1. The van der Waals surface area contributed by atoms with Crippen molar-refractivity contribution in [3.8, 4) is 17.2 Å². The minimum atomic E-state index is -2.98. The van der Waals surface area contributed by atoms with E-state index in [-0.39, 0.29) is 17.0 Å². The fourth-order valence-corrected chi connectivity index (χ4v) is 3.87. The van der Waals surface area contributed by atoms with Crippen LogP contribution in [0.1, 0.15) is 30.3 Å². The van der Waals surface area contributed by atoms with E-state index in [9.17, 15) is 24.3 Å². The van der Waals surface area contributed by atoms with Gasteiger partial charge in [0.15, 0.2) is 5.65 Å². The number of aliphatic hydroxyl groups excluding tert-OH is 2. The summed E-state index contributed by atoms with van der Waals surface area (Å²) in [5, 5.41) is 37.3. The van der Waals surface area contributed by atoms with Gasteiger partial charge in [0.1, 0.15) is 23.1 Å². The number of aromatic nitrogens is 4. The van der Waals surface area contributed by atoms with Gasteiger partial charge in [0.05, 0.1) is 30.0 Å². The van der Waals surface area contributed by atoms with Crippen LogP contribution in [0.2, 0.25) is 5.02 Å². The van der Waals surface area contributed by atoms with Gasteiger partial charge in [-0.15, -0.1) is 0 Å². The molecule has 33 heavy (non-hydrogen) atoms. The fourth-order valence-electron chi connectivity index (χ4n) is 3.70. The molecule has 170 valence electrons. The second-order valence-electron chi connectivity index (χ2n) is 7.53. The van der Waals surface area contributed by atoms with Crippen molar-refractivity contribution < 1.29 is 19.0 Å². The number of fused-ring (bicyclic) bond motifs is 2. The maximum atomic E-state index is 13.6. The summed E-state index contributed by atoms with van der Waals surface area (Å²) >= 11 is 6.11. The Hall–Kier alpha value is -3.39. The van der Waals surface area contributed by atoms with Crippen LogP contribution in [0.15, 0.2) is 30.5 Å². The van der Waals surface area contributed by atoms with Crippen LogP contribution in [0.25, 0.3) is 27.7 Å². The molecule has 0 spiro atoms. The maximum Gasteiger partial charge on any atom is 0.283 e. The second-order valence-corrected chi connectivity index (χ2v) is 7.97. The monoisotopic (exact) mass is 472 g/mol. The van der Waals surface area contributed by atoms with E-state index in [2.05, 4.69) is 20.4 Å². The summed E-state index contributed by atoms with van der Waals surface area (Å²) in [6, 6.07) is 8.01. The third-order valence-electron chi connectivity index (χ3n) is 5.39. The van der Waals surface area contributed by atoms with E-state index in [1.807, 2.05) is 0 Å². The predicted molar refractivity (Wildman–Crippen MR) is 119 cm³/mol. The molecule has 3 heterocycles. The maximum absolute atomic E-state index is 13.6. The van der Waals surface area contributed by atoms with Crippen LogP contribution in [0, 0.1) is 18.3 Å². The zero-order valence-electron chi connectivity index (χ0n) is 17.6. The smallest absolute Gasteiger partial charge is 0.283 e. The van der Waals surface area contributed by atoms with Crippen molar-refractivity contribution in [2.75, 3.05) is 11.9 Å². The van der Waals surface area contributed by atoms with Crippen molar-refractivity contribution in [3.05, 3.63) is 52.4 Å². The number of pyridine rings is 1. The summed E-state index contributed by atoms with van der Waals surface area (Å²) in [5.41, 5.74) is 1.18. The number of rotatable bonds is 6. The third-order valence-corrected chi connectivity index (χ3v) is 5.63. The summed E-state index contributed by atoms with van der Waals surface area (Å²) < 4.78 is 28.4. The minimum absolute atomic E-state index is 0.0383. The zero-order valence-corrected chi connectivity index (χ0v) is 18.3. The van der Waals surface area contributed by atoms with Gasteiger partial charge in [-0.3, -0.25) is 4.98 Å². The standard InChI is InChI=1S/C22H19ClF2N6O2/c1-10(17(33)9-32)28-22-18(14-5-6-27-16-7-12(23)3-4-13(14)16)11(2)29-21-15(8-26)19(20(24)25)30-31(21)22/h3-7,10,17,20,28,32-33H,9H2,1-2H3/t10-,17+/m1/s1. The average Bonchev–Trinajstić information content (AvgIpc) is 3.16. The van der Waals surface area contributed by atoms with Gasteiger partial charge in [-0.2, -0.15) is 14.9 Å². The number of hydrogen-bond acceptors (Lipinski definition) is 7. The normalized spacial score (nSPS) is 13.4. The van der Waals surface area contributed by atoms with E-state index in [4.69, 9.17) is 11.6 Å². The number of nitrogens with one attached hydrogen (secondary N) is 1. The topological polar surface area (TPSA) is 119 Å². The lowest BCUT2D eigenvalue weighted by Gasteiger charge is -2.23.